The second kappa shape index (κ2) is 8.38. The predicted molar refractivity (Wildman–Crippen MR) is 125 cm³/mol. The van der Waals surface area contributed by atoms with Crippen LogP contribution in [-0.2, 0) is 23.6 Å². The number of nitrogens with zero attached hydrogens (tertiary/aromatic N) is 3. The van der Waals surface area contributed by atoms with Crippen LogP contribution in [0, 0.1) is 6.92 Å². The average molecular weight is 462 g/mol. The molecule has 1 aliphatic heterocycles. The summed E-state index contributed by atoms with van der Waals surface area (Å²) in [5, 5.41) is 0.719. The number of thiophene rings is 1. The van der Waals surface area contributed by atoms with Crippen molar-refractivity contribution >= 4 is 31.4 Å². The smallest absolute Gasteiger partial charge is 0.259 e. The molecule has 0 atom stereocenters. The average Bonchev–Trinajstić information content (AvgIpc) is 3.15. The number of pyridine rings is 1. The van der Waals surface area contributed by atoms with Gasteiger partial charge >= 0.3 is 0 Å². The van der Waals surface area contributed by atoms with Crippen molar-refractivity contribution in [2.45, 2.75) is 13.5 Å². The first-order valence-corrected chi connectivity index (χ1v) is 12.8. The van der Waals surface area contributed by atoms with Crippen LogP contribution in [0.3, 0.4) is 0 Å². The number of aryl methyl sites for hydroxylation is 2. The van der Waals surface area contributed by atoms with E-state index < -0.39 is 10.0 Å². The van der Waals surface area contributed by atoms with Gasteiger partial charge < -0.3 is 9.30 Å². The van der Waals surface area contributed by atoms with Crippen molar-refractivity contribution in [3.8, 4) is 16.9 Å². The van der Waals surface area contributed by atoms with Gasteiger partial charge in [-0.15, -0.1) is 11.3 Å². The third kappa shape index (κ3) is 4.41. The number of ether oxygens (including phenoxy) is 1. The van der Waals surface area contributed by atoms with Crippen LogP contribution < -0.4 is 10.3 Å². The fourth-order valence-electron chi connectivity index (χ4n) is 4.03. The standard InChI is InChI=1S/C22H27N3O4S2/c1-15-5-6-16(29-3)11-18(15)20-14-23(2)22(26)19-12-17(30-21(19)20)13-24-7-9-25(10-8-24)31(4,27)28/h5-6,11-12,14H,7-10,13H2,1-4H3. The van der Waals surface area contributed by atoms with Crippen molar-refractivity contribution < 1.29 is 13.2 Å². The largest absolute Gasteiger partial charge is 0.497 e. The molecule has 9 heteroatoms. The summed E-state index contributed by atoms with van der Waals surface area (Å²) in [5.74, 6) is 0.781. The highest BCUT2D eigenvalue weighted by Gasteiger charge is 2.24. The van der Waals surface area contributed by atoms with E-state index in [0.717, 1.165) is 37.4 Å². The van der Waals surface area contributed by atoms with Crippen LogP contribution in [0.25, 0.3) is 21.2 Å². The molecule has 0 spiro atoms. The van der Waals surface area contributed by atoms with Gasteiger partial charge in [-0.2, -0.15) is 4.31 Å². The van der Waals surface area contributed by atoms with Gasteiger partial charge in [0.05, 0.1) is 18.8 Å². The van der Waals surface area contributed by atoms with E-state index in [9.17, 15) is 13.2 Å². The van der Waals surface area contributed by atoms with Crippen LogP contribution in [0.4, 0.5) is 0 Å². The minimum absolute atomic E-state index is 0.0105. The number of aromatic nitrogens is 1. The Hall–Kier alpha value is -2.20. The van der Waals surface area contributed by atoms with E-state index in [1.54, 1.807) is 30.1 Å². The third-order valence-corrected chi connectivity index (χ3v) is 8.27. The first kappa shape index (κ1) is 22.0. The Bertz CT molecular complexity index is 1290. The molecule has 166 valence electrons. The highest BCUT2D eigenvalue weighted by Crippen LogP contribution is 2.36. The molecule has 4 rings (SSSR count). The summed E-state index contributed by atoms with van der Waals surface area (Å²) < 4.78 is 33.0. The SMILES string of the molecule is COc1ccc(C)c(-c2cn(C)c(=O)c3cc(CN4CCN(S(C)(=O)=O)CC4)sc23)c1. The van der Waals surface area contributed by atoms with Crippen LogP contribution in [0.15, 0.2) is 35.3 Å². The predicted octanol–water partition coefficient (Wildman–Crippen LogP) is 2.66. The van der Waals surface area contributed by atoms with E-state index in [1.165, 1.54) is 10.6 Å². The molecular weight excluding hydrogens is 434 g/mol. The molecule has 1 aliphatic rings. The maximum Gasteiger partial charge on any atom is 0.259 e. The van der Waals surface area contributed by atoms with Crippen molar-refractivity contribution in [3.05, 3.63) is 51.3 Å². The zero-order valence-corrected chi connectivity index (χ0v) is 19.8. The highest BCUT2D eigenvalue weighted by molar-refractivity contribution is 7.88. The van der Waals surface area contributed by atoms with Gasteiger partial charge in [-0.05, 0) is 36.2 Å². The van der Waals surface area contributed by atoms with E-state index >= 15 is 0 Å². The van der Waals surface area contributed by atoms with Gasteiger partial charge in [-0.3, -0.25) is 9.69 Å². The Morgan fingerprint density at radius 2 is 1.81 bits per heavy atom. The van der Waals surface area contributed by atoms with Crippen molar-refractivity contribution in [2.75, 3.05) is 39.5 Å². The summed E-state index contributed by atoms with van der Waals surface area (Å²) in [5.41, 5.74) is 3.18. The van der Waals surface area contributed by atoms with Gasteiger partial charge in [-0.1, -0.05) is 6.07 Å². The molecule has 3 heterocycles. The zero-order chi connectivity index (χ0) is 22.3. The topological polar surface area (TPSA) is 71.8 Å². The molecule has 0 aliphatic carbocycles. The molecule has 1 saturated heterocycles. The van der Waals surface area contributed by atoms with Crippen LogP contribution in [0.5, 0.6) is 5.75 Å². The summed E-state index contributed by atoms with van der Waals surface area (Å²) in [7, 11) is 0.286. The number of methoxy groups -OCH3 is 1. The van der Waals surface area contributed by atoms with Crippen molar-refractivity contribution in [1.29, 1.82) is 0 Å². The highest BCUT2D eigenvalue weighted by atomic mass is 32.2. The van der Waals surface area contributed by atoms with Gasteiger partial charge in [-0.25, -0.2) is 8.42 Å². The second-order valence-electron chi connectivity index (χ2n) is 8.03. The lowest BCUT2D eigenvalue weighted by Crippen LogP contribution is -2.47. The molecule has 0 bridgehead atoms. The van der Waals surface area contributed by atoms with Crippen molar-refractivity contribution in [2.24, 2.45) is 7.05 Å². The molecule has 0 unspecified atom stereocenters. The zero-order valence-electron chi connectivity index (χ0n) is 18.2. The minimum Gasteiger partial charge on any atom is -0.497 e. The number of benzene rings is 1. The number of piperazine rings is 1. The van der Waals surface area contributed by atoms with Crippen LogP contribution in [-0.4, -0.2) is 61.7 Å². The molecule has 31 heavy (non-hydrogen) atoms. The quantitative estimate of drug-likeness (QED) is 0.584. The molecule has 0 radical (unpaired) electrons. The molecule has 2 aromatic heterocycles. The molecule has 0 saturated carbocycles. The van der Waals surface area contributed by atoms with Gasteiger partial charge in [0.25, 0.3) is 5.56 Å². The number of fused-ring (bicyclic) bond motifs is 1. The number of sulfonamides is 1. The number of hydrogen-bond donors (Lipinski definition) is 0. The van der Waals surface area contributed by atoms with Crippen molar-refractivity contribution in [3.63, 3.8) is 0 Å². The number of hydrogen-bond acceptors (Lipinski definition) is 6. The Kier molecular flexibility index (Phi) is 5.95. The van der Waals surface area contributed by atoms with E-state index in [0.29, 0.717) is 32.7 Å². The Morgan fingerprint density at radius 3 is 2.45 bits per heavy atom. The Balaban J connectivity index is 1.69. The van der Waals surface area contributed by atoms with Gasteiger partial charge in [0.1, 0.15) is 5.75 Å². The van der Waals surface area contributed by atoms with E-state index in [1.807, 2.05) is 30.5 Å². The molecule has 7 nitrogen and oxygen atoms in total. The lowest BCUT2D eigenvalue weighted by molar-refractivity contribution is 0.183. The van der Waals surface area contributed by atoms with Crippen LogP contribution in [0.2, 0.25) is 0 Å². The first-order valence-electron chi connectivity index (χ1n) is 10.1. The monoisotopic (exact) mass is 461 g/mol. The summed E-state index contributed by atoms with van der Waals surface area (Å²) in [6, 6.07) is 7.97. The summed E-state index contributed by atoms with van der Waals surface area (Å²) >= 11 is 1.64. The molecule has 1 fully saturated rings. The molecule has 0 amide bonds. The molecule has 0 N–H and O–H groups in total. The van der Waals surface area contributed by atoms with Crippen LogP contribution in [0.1, 0.15) is 10.4 Å². The van der Waals surface area contributed by atoms with E-state index in [2.05, 4.69) is 11.8 Å². The lowest BCUT2D eigenvalue weighted by atomic mass is 10.0. The van der Waals surface area contributed by atoms with Gasteiger partial charge in [0, 0.05) is 61.1 Å². The minimum atomic E-state index is -3.14. The Labute approximate surface area is 186 Å². The second-order valence-corrected chi connectivity index (χ2v) is 11.2. The number of rotatable bonds is 5. The normalized spacial score (nSPS) is 16.1. The fraction of sp³-hybridized carbons (Fsp3) is 0.409. The van der Waals surface area contributed by atoms with Crippen LogP contribution >= 0.6 is 11.3 Å². The van der Waals surface area contributed by atoms with Gasteiger partial charge in [0.2, 0.25) is 10.0 Å². The fourth-order valence-corrected chi connectivity index (χ4v) is 6.07. The lowest BCUT2D eigenvalue weighted by Gasteiger charge is -2.32. The third-order valence-electron chi connectivity index (χ3n) is 5.82. The first-order chi connectivity index (χ1) is 14.7. The van der Waals surface area contributed by atoms with E-state index in [-0.39, 0.29) is 5.56 Å². The molecular formula is C22H27N3O4S2. The van der Waals surface area contributed by atoms with Crippen molar-refractivity contribution in [1.82, 2.24) is 13.8 Å². The molecule has 3 aromatic rings. The maximum absolute atomic E-state index is 12.8. The summed E-state index contributed by atoms with van der Waals surface area (Å²) in [6.07, 6.45) is 3.16. The van der Waals surface area contributed by atoms with E-state index in [4.69, 9.17) is 4.74 Å². The summed E-state index contributed by atoms with van der Waals surface area (Å²) in [6.45, 7) is 5.12. The Morgan fingerprint density at radius 1 is 1.10 bits per heavy atom. The maximum atomic E-state index is 12.8. The summed E-state index contributed by atoms with van der Waals surface area (Å²) in [4.78, 5) is 16.2. The molecule has 1 aromatic carbocycles. The van der Waals surface area contributed by atoms with Gasteiger partial charge in [0.15, 0.2) is 0 Å².